The third-order valence-corrected chi connectivity index (χ3v) is 5.47. The van der Waals surface area contributed by atoms with E-state index in [4.69, 9.17) is 4.74 Å². The molecule has 1 saturated carbocycles. The maximum atomic E-state index is 11.0. The molecule has 6 nitrogen and oxygen atoms in total. The Morgan fingerprint density at radius 3 is 2.54 bits per heavy atom. The Hall–Kier alpha value is -0.0900. The van der Waals surface area contributed by atoms with Crippen molar-refractivity contribution >= 4 is 39.8 Å². The monoisotopic (exact) mass is 503 g/mol. The van der Waals surface area contributed by atoms with E-state index in [0.717, 1.165) is 18.4 Å². The Balaban J connectivity index is 0.00000625. The molecular formula is C18H38IN3O3S. The number of guanidine groups is 1. The van der Waals surface area contributed by atoms with E-state index in [1.54, 1.807) is 0 Å². The molecule has 1 aliphatic carbocycles. The van der Waals surface area contributed by atoms with Gasteiger partial charge in [-0.15, -0.1) is 24.0 Å². The Labute approximate surface area is 177 Å². The van der Waals surface area contributed by atoms with Crippen LogP contribution in [0.5, 0.6) is 0 Å². The first kappa shape index (κ1) is 25.9. The molecule has 1 rings (SSSR count). The summed E-state index contributed by atoms with van der Waals surface area (Å²) in [6.07, 6.45) is 10.7. The summed E-state index contributed by atoms with van der Waals surface area (Å²) < 4.78 is 27.4. The van der Waals surface area contributed by atoms with E-state index in [9.17, 15) is 8.42 Å². The van der Waals surface area contributed by atoms with Gasteiger partial charge in [0.2, 0.25) is 0 Å². The van der Waals surface area contributed by atoms with Crippen LogP contribution in [0, 0.1) is 5.92 Å². The predicted octanol–water partition coefficient (Wildman–Crippen LogP) is 2.97. The normalized spacial score (nSPS) is 17.4. The van der Waals surface area contributed by atoms with Crippen LogP contribution in [-0.2, 0) is 14.6 Å². The van der Waals surface area contributed by atoms with Gasteiger partial charge in [-0.3, -0.25) is 4.99 Å². The predicted molar refractivity (Wildman–Crippen MR) is 120 cm³/mol. The zero-order valence-electron chi connectivity index (χ0n) is 16.6. The van der Waals surface area contributed by atoms with Crippen molar-refractivity contribution in [2.24, 2.45) is 10.9 Å². The first-order chi connectivity index (χ1) is 11.9. The van der Waals surface area contributed by atoms with Crippen LogP contribution in [0.1, 0.15) is 58.8 Å². The third kappa shape index (κ3) is 14.0. The van der Waals surface area contributed by atoms with Crippen LogP contribution >= 0.6 is 24.0 Å². The maximum absolute atomic E-state index is 11.0. The first-order valence-electron chi connectivity index (χ1n) is 9.71. The Kier molecular flexibility index (Phi) is 14.9. The van der Waals surface area contributed by atoms with Crippen LogP contribution in [0.25, 0.3) is 0 Å². The first-order valence-corrected chi connectivity index (χ1v) is 11.8. The lowest BCUT2D eigenvalue weighted by Crippen LogP contribution is -2.42. The molecule has 1 fully saturated rings. The van der Waals surface area contributed by atoms with E-state index in [1.807, 2.05) is 6.92 Å². The van der Waals surface area contributed by atoms with E-state index >= 15 is 0 Å². The fraction of sp³-hybridized carbons (Fsp3) is 0.944. The van der Waals surface area contributed by atoms with Crippen molar-refractivity contribution in [2.75, 3.05) is 38.3 Å². The molecule has 156 valence electrons. The molecule has 0 heterocycles. The molecule has 2 N–H and O–H groups in total. The molecule has 0 aliphatic heterocycles. The Bertz CT molecular complexity index is 480. The molecule has 1 aliphatic rings. The summed E-state index contributed by atoms with van der Waals surface area (Å²) in [6, 6.07) is 0.394. The molecule has 0 amide bonds. The number of rotatable bonds is 11. The molecule has 0 aromatic carbocycles. The zero-order valence-corrected chi connectivity index (χ0v) is 19.8. The summed E-state index contributed by atoms with van der Waals surface area (Å²) in [7, 11) is -2.95. The number of hydrogen-bond acceptors (Lipinski definition) is 4. The highest BCUT2D eigenvalue weighted by molar-refractivity contribution is 14.0. The zero-order chi connectivity index (χ0) is 18.5. The maximum Gasteiger partial charge on any atom is 0.191 e. The highest BCUT2D eigenvalue weighted by Crippen LogP contribution is 2.27. The number of hydrogen-bond donors (Lipinski definition) is 2. The summed E-state index contributed by atoms with van der Waals surface area (Å²) in [4.78, 5) is 4.50. The average Bonchev–Trinajstić information content (AvgIpc) is 2.56. The second kappa shape index (κ2) is 14.9. The van der Waals surface area contributed by atoms with Gasteiger partial charge in [-0.2, -0.15) is 0 Å². The number of ether oxygens (including phenoxy) is 1. The summed E-state index contributed by atoms with van der Waals surface area (Å²) in [6.45, 7) is 6.26. The average molecular weight is 503 g/mol. The standard InChI is InChI=1S/C18H37N3O3S.HI/c1-4-19-18(20-12-13-24-14-15-25(3,22)23)21-16(2)10-11-17-8-6-5-7-9-17;/h16-17H,4-15H2,1-3H3,(H2,19,20,21);1H. The molecule has 1 unspecified atom stereocenters. The molecule has 0 saturated heterocycles. The van der Waals surface area contributed by atoms with Crippen molar-refractivity contribution in [3.05, 3.63) is 0 Å². The number of sulfone groups is 1. The fourth-order valence-electron chi connectivity index (χ4n) is 3.12. The van der Waals surface area contributed by atoms with Gasteiger partial charge >= 0.3 is 0 Å². The number of nitrogens with zero attached hydrogens (tertiary/aromatic N) is 1. The van der Waals surface area contributed by atoms with Crippen molar-refractivity contribution in [1.29, 1.82) is 0 Å². The van der Waals surface area contributed by atoms with Crippen LogP contribution in [0.15, 0.2) is 4.99 Å². The van der Waals surface area contributed by atoms with Crippen LogP contribution in [0.3, 0.4) is 0 Å². The number of halogens is 1. The molecule has 1 atom stereocenters. The summed E-state index contributed by atoms with van der Waals surface area (Å²) in [5.41, 5.74) is 0. The van der Waals surface area contributed by atoms with Crippen molar-refractivity contribution in [3.8, 4) is 0 Å². The van der Waals surface area contributed by atoms with E-state index in [-0.39, 0.29) is 36.3 Å². The van der Waals surface area contributed by atoms with Crippen LogP contribution in [0.2, 0.25) is 0 Å². The lowest BCUT2D eigenvalue weighted by Gasteiger charge is -2.24. The van der Waals surface area contributed by atoms with Crippen LogP contribution in [-0.4, -0.2) is 58.7 Å². The van der Waals surface area contributed by atoms with Gasteiger partial charge < -0.3 is 15.4 Å². The molecule has 0 aromatic heterocycles. The molecule has 8 heteroatoms. The van der Waals surface area contributed by atoms with Gasteiger partial charge in [-0.1, -0.05) is 32.1 Å². The second-order valence-corrected chi connectivity index (χ2v) is 9.39. The SMILES string of the molecule is CCNC(=NCCOCCS(C)(=O)=O)NC(C)CCC1CCCCC1.I. The van der Waals surface area contributed by atoms with E-state index in [0.29, 0.717) is 19.2 Å². The minimum atomic E-state index is -2.95. The van der Waals surface area contributed by atoms with Crippen molar-refractivity contribution < 1.29 is 13.2 Å². The summed E-state index contributed by atoms with van der Waals surface area (Å²) in [5, 5.41) is 6.71. The van der Waals surface area contributed by atoms with Gasteiger partial charge in [0.25, 0.3) is 0 Å². The molecule has 0 aromatic rings. The van der Waals surface area contributed by atoms with Crippen LogP contribution in [0.4, 0.5) is 0 Å². The third-order valence-electron chi connectivity index (χ3n) is 4.56. The topological polar surface area (TPSA) is 79.8 Å². The van der Waals surface area contributed by atoms with Crippen molar-refractivity contribution in [1.82, 2.24) is 10.6 Å². The highest BCUT2D eigenvalue weighted by Gasteiger charge is 2.15. The molecule has 26 heavy (non-hydrogen) atoms. The summed E-state index contributed by atoms with van der Waals surface area (Å²) in [5.74, 6) is 1.78. The molecule has 0 spiro atoms. The minimum absolute atomic E-state index is 0. The lowest BCUT2D eigenvalue weighted by molar-refractivity contribution is 0.157. The van der Waals surface area contributed by atoms with Gasteiger partial charge in [0.1, 0.15) is 9.84 Å². The summed E-state index contributed by atoms with van der Waals surface area (Å²) >= 11 is 0. The molecule has 0 bridgehead atoms. The van der Waals surface area contributed by atoms with Gasteiger partial charge in [0.05, 0.1) is 25.5 Å². The lowest BCUT2D eigenvalue weighted by atomic mass is 9.85. The minimum Gasteiger partial charge on any atom is -0.378 e. The van der Waals surface area contributed by atoms with Gasteiger partial charge in [-0.25, -0.2) is 8.42 Å². The highest BCUT2D eigenvalue weighted by atomic mass is 127. The van der Waals surface area contributed by atoms with Gasteiger partial charge in [-0.05, 0) is 32.6 Å². The smallest absolute Gasteiger partial charge is 0.191 e. The van der Waals surface area contributed by atoms with E-state index in [1.165, 1.54) is 51.2 Å². The largest absolute Gasteiger partial charge is 0.378 e. The van der Waals surface area contributed by atoms with E-state index < -0.39 is 9.84 Å². The van der Waals surface area contributed by atoms with Gasteiger partial charge in [0, 0.05) is 18.8 Å². The molecular weight excluding hydrogens is 465 g/mol. The molecule has 0 radical (unpaired) electrons. The van der Waals surface area contributed by atoms with E-state index in [2.05, 4.69) is 22.5 Å². The van der Waals surface area contributed by atoms with Gasteiger partial charge in [0.15, 0.2) is 5.96 Å². The van der Waals surface area contributed by atoms with Crippen LogP contribution < -0.4 is 10.6 Å². The fourth-order valence-corrected chi connectivity index (χ4v) is 3.54. The number of nitrogens with one attached hydrogen (secondary N) is 2. The second-order valence-electron chi connectivity index (χ2n) is 7.13. The Morgan fingerprint density at radius 2 is 1.92 bits per heavy atom. The Morgan fingerprint density at radius 1 is 1.23 bits per heavy atom. The number of aliphatic imine (C=N–C) groups is 1. The van der Waals surface area contributed by atoms with Crippen molar-refractivity contribution in [3.63, 3.8) is 0 Å². The van der Waals surface area contributed by atoms with Crippen molar-refractivity contribution in [2.45, 2.75) is 64.8 Å². The quantitative estimate of drug-likeness (QED) is 0.196.